The number of aliphatic hydroxyl groups excluding tert-OH is 1. The SMILES string of the molecule is C=CCCCCCCCOCC(CO)OCCCCCCCC=C. The fraction of sp³-hybridized carbons (Fsp3) is 0.810. The van der Waals surface area contributed by atoms with Crippen LogP contribution >= 0.6 is 0 Å². The molecule has 0 saturated heterocycles. The molecule has 0 aliphatic rings. The van der Waals surface area contributed by atoms with Crippen LogP contribution in [-0.4, -0.2) is 37.6 Å². The molecule has 0 fully saturated rings. The maximum absolute atomic E-state index is 9.33. The van der Waals surface area contributed by atoms with Crippen LogP contribution in [0.4, 0.5) is 0 Å². The van der Waals surface area contributed by atoms with Crippen molar-refractivity contribution < 1.29 is 14.6 Å². The highest BCUT2D eigenvalue weighted by Gasteiger charge is 2.07. The molecule has 142 valence electrons. The molecule has 0 aromatic carbocycles. The van der Waals surface area contributed by atoms with E-state index in [2.05, 4.69) is 13.2 Å². The second-order valence-corrected chi connectivity index (χ2v) is 6.44. The first kappa shape index (κ1) is 23.4. The van der Waals surface area contributed by atoms with Crippen molar-refractivity contribution in [1.29, 1.82) is 0 Å². The van der Waals surface area contributed by atoms with Gasteiger partial charge in [-0.05, 0) is 38.5 Å². The molecule has 1 unspecified atom stereocenters. The molecule has 3 heteroatoms. The smallest absolute Gasteiger partial charge is 0.104 e. The summed E-state index contributed by atoms with van der Waals surface area (Å²) in [5, 5.41) is 9.33. The summed E-state index contributed by atoms with van der Waals surface area (Å²) in [4.78, 5) is 0. The number of ether oxygens (including phenoxy) is 2. The summed E-state index contributed by atoms with van der Waals surface area (Å²) in [6.07, 6.45) is 18.2. The topological polar surface area (TPSA) is 38.7 Å². The average molecular weight is 341 g/mol. The van der Waals surface area contributed by atoms with E-state index < -0.39 is 0 Å². The number of hydrogen-bond acceptors (Lipinski definition) is 3. The molecule has 0 aliphatic carbocycles. The number of allylic oxidation sites excluding steroid dienone is 2. The minimum absolute atomic E-state index is 0.0425. The van der Waals surface area contributed by atoms with Crippen LogP contribution in [0.1, 0.15) is 77.0 Å². The van der Waals surface area contributed by atoms with Gasteiger partial charge in [-0.15, -0.1) is 13.2 Å². The van der Waals surface area contributed by atoms with E-state index in [1.54, 1.807) is 0 Å². The molecule has 1 atom stereocenters. The average Bonchev–Trinajstić information content (AvgIpc) is 2.60. The summed E-state index contributed by atoms with van der Waals surface area (Å²) in [5.74, 6) is 0. The van der Waals surface area contributed by atoms with Gasteiger partial charge in [0.25, 0.3) is 0 Å². The van der Waals surface area contributed by atoms with Crippen molar-refractivity contribution >= 4 is 0 Å². The Kier molecular flexibility index (Phi) is 19.9. The number of aliphatic hydroxyl groups is 1. The Morgan fingerprint density at radius 2 is 1.21 bits per heavy atom. The minimum atomic E-state index is -0.168. The van der Waals surface area contributed by atoms with Gasteiger partial charge in [0.2, 0.25) is 0 Å². The highest BCUT2D eigenvalue weighted by molar-refractivity contribution is 4.66. The Bertz CT molecular complexity index is 266. The molecule has 3 nitrogen and oxygen atoms in total. The van der Waals surface area contributed by atoms with Crippen LogP contribution in [0.3, 0.4) is 0 Å². The Morgan fingerprint density at radius 3 is 1.75 bits per heavy atom. The molecule has 0 bridgehead atoms. The van der Waals surface area contributed by atoms with Crippen molar-refractivity contribution in [3.8, 4) is 0 Å². The van der Waals surface area contributed by atoms with Crippen LogP contribution in [-0.2, 0) is 9.47 Å². The second kappa shape index (κ2) is 20.4. The third-order valence-electron chi connectivity index (χ3n) is 4.11. The molecule has 0 aromatic heterocycles. The van der Waals surface area contributed by atoms with Gasteiger partial charge in [-0.1, -0.05) is 50.7 Å². The molecule has 0 heterocycles. The predicted octanol–water partition coefficient (Wildman–Crippen LogP) is 5.43. The summed E-state index contributed by atoms with van der Waals surface area (Å²) >= 11 is 0. The monoisotopic (exact) mass is 340 g/mol. The Morgan fingerprint density at radius 1 is 0.708 bits per heavy atom. The van der Waals surface area contributed by atoms with Gasteiger partial charge in [0.1, 0.15) is 6.10 Å². The zero-order valence-corrected chi connectivity index (χ0v) is 15.7. The van der Waals surface area contributed by atoms with E-state index in [0.717, 1.165) is 38.9 Å². The maximum atomic E-state index is 9.33. The lowest BCUT2D eigenvalue weighted by Gasteiger charge is -2.15. The minimum Gasteiger partial charge on any atom is -0.394 e. The van der Waals surface area contributed by atoms with Gasteiger partial charge >= 0.3 is 0 Å². The van der Waals surface area contributed by atoms with Crippen LogP contribution in [0.25, 0.3) is 0 Å². The van der Waals surface area contributed by atoms with E-state index in [1.165, 1.54) is 51.4 Å². The first-order valence-corrected chi connectivity index (χ1v) is 9.87. The van der Waals surface area contributed by atoms with E-state index in [4.69, 9.17) is 9.47 Å². The van der Waals surface area contributed by atoms with Gasteiger partial charge in [0.15, 0.2) is 0 Å². The lowest BCUT2D eigenvalue weighted by molar-refractivity contribution is -0.0437. The van der Waals surface area contributed by atoms with E-state index in [9.17, 15) is 5.11 Å². The summed E-state index contributed by atoms with van der Waals surface area (Å²) in [5.41, 5.74) is 0. The molecule has 0 radical (unpaired) electrons. The van der Waals surface area contributed by atoms with Gasteiger partial charge in [-0.3, -0.25) is 0 Å². The molecule has 0 aromatic rings. The summed E-state index contributed by atoms with van der Waals surface area (Å²) in [6, 6.07) is 0. The van der Waals surface area contributed by atoms with Crippen LogP contribution in [0, 0.1) is 0 Å². The van der Waals surface area contributed by atoms with E-state index >= 15 is 0 Å². The van der Waals surface area contributed by atoms with Crippen LogP contribution in [0.5, 0.6) is 0 Å². The fourth-order valence-electron chi connectivity index (χ4n) is 2.56. The zero-order valence-electron chi connectivity index (χ0n) is 15.7. The zero-order chi connectivity index (χ0) is 17.7. The molecule has 1 N–H and O–H groups in total. The van der Waals surface area contributed by atoms with Crippen molar-refractivity contribution in [3.05, 3.63) is 25.3 Å². The van der Waals surface area contributed by atoms with Crippen LogP contribution in [0.15, 0.2) is 25.3 Å². The quantitative estimate of drug-likeness (QED) is 0.237. The number of unbranched alkanes of at least 4 members (excludes halogenated alkanes) is 10. The van der Waals surface area contributed by atoms with Crippen molar-refractivity contribution in [2.24, 2.45) is 0 Å². The lowest BCUT2D eigenvalue weighted by Crippen LogP contribution is -2.24. The van der Waals surface area contributed by atoms with Crippen LogP contribution < -0.4 is 0 Å². The highest BCUT2D eigenvalue weighted by atomic mass is 16.5. The molecule has 0 rings (SSSR count). The predicted molar refractivity (Wildman–Crippen MR) is 103 cm³/mol. The van der Waals surface area contributed by atoms with Gasteiger partial charge in [-0.25, -0.2) is 0 Å². The van der Waals surface area contributed by atoms with Crippen molar-refractivity contribution in [3.63, 3.8) is 0 Å². The highest BCUT2D eigenvalue weighted by Crippen LogP contribution is 2.07. The summed E-state index contributed by atoms with van der Waals surface area (Å²) in [7, 11) is 0. The molecule has 24 heavy (non-hydrogen) atoms. The van der Waals surface area contributed by atoms with Gasteiger partial charge in [0, 0.05) is 13.2 Å². The Balaban J connectivity index is 3.31. The third kappa shape index (κ3) is 17.7. The van der Waals surface area contributed by atoms with E-state index in [-0.39, 0.29) is 12.7 Å². The van der Waals surface area contributed by atoms with Gasteiger partial charge in [-0.2, -0.15) is 0 Å². The van der Waals surface area contributed by atoms with Crippen LogP contribution in [0.2, 0.25) is 0 Å². The standard InChI is InChI=1S/C21H40O3/c1-3-5-7-9-11-13-15-17-23-20-21(19-22)24-18-16-14-12-10-8-6-4-2/h3-4,21-22H,1-2,5-20H2. The number of hydrogen-bond donors (Lipinski definition) is 1. The molecule has 0 amide bonds. The maximum Gasteiger partial charge on any atom is 0.104 e. The second-order valence-electron chi connectivity index (χ2n) is 6.44. The summed E-state index contributed by atoms with van der Waals surface area (Å²) in [6.45, 7) is 9.51. The largest absolute Gasteiger partial charge is 0.394 e. The van der Waals surface area contributed by atoms with E-state index in [1.807, 2.05) is 12.2 Å². The van der Waals surface area contributed by atoms with Gasteiger partial charge in [0.05, 0.1) is 13.2 Å². The first-order chi connectivity index (χ1) is 11.8. The molecule has 0 saturated carbocycles. The normalized spacial score (nSPS) is 12.2. The lowest BCUT2D eigenvalue weighted by atomic mass is 10.1. The Labute approximate surface area is 150 Å². The van der Waals surface area contributed by atoms with Crippen molar-refractivity contribution in [2.75, 3.05) is 26.4 Å². The first-order valence-electron chi connectivity index (χ1n) is 9.87. The van der Waals surface area contributed by atoms with Crippen molar-refractivity contribution in [2.45, 2.75) is 83.2 Å². The molecular weight excluding hydrogens is 300 g/mol. The van der Waals surface area contributed by atoms with Gasteiger partial charge < -0.3 is 14.6 Å². The molecule has 0 aliphatic heterocycles. The Hall–Kier alpha value is -0.640. The number of rotatable bonds is 20. The molecule has 0 spiro atoms. The molecular formula is C21H40O3. The summed E-state index contributed by atoms with van der Waals surface area (Å²) < 4.78 is 11.3. The van der Waals surface area contributed by atoms with Crippen molar-refractivity contribution in [1.82, 2.24) is 0 Å². The third-order valence-corrected chi connectivity index (χ3v) is 4.11. The fourth-order valence-corrected chi connectivity index (χ4v) is 2.56. The van der Waals surface area contributed by atoms with E-state index in [0.29, 0.717) is 6.61 Å².